The smallest absolute Gasteiger partial charge is 0.227 e. The van der Waals surface area contributed by atoms with Crippen molar-refractivity contribution in [1.82, 2.24) is 5.32 Å². The molecule has 0 radical (unpaired) electrons. The van der Waals surface area contributed by atoms with Gasteiger partial charge >= 0.3 is 0 Å². The molecule has 1 unspecified atom stereocenters. The van der Waals surface area contributed by atoms with Crippen LogP contribution in [0.2, 0.25) is 0 Å². The molecule has 0 bridgehead atoms. The predicted molar refractivity (Wildman–Crippen MR) is 101 cm³/mol. The van der Waals surface area contributed by atoms with Crippen molar-refractivity contribution in [2.24, 2.45) is 11.8 Å². The Morgan fingerprint density at radius 2 is 1.88 bits per heavy atom. The Morgan fingerprint density at radius 1 is 1.19 bits per heavy atom. The van der Waals surface area contributed by atoms with Crippen LogP contribution in [0, 0.1) is 17.7 Å². The molecular formula is C19H22ClFN2O3. The van der Waals surface area contributed by atoms with Crippen molar-refractivity contribution in [3.8, 4) is 17.2 Å². The van der Waals surface area contributed by atoms with Gasteiger partial charge in [-0.25, -0.2) is 4.39 Å². The van der Waals surface area contributed by atoms with E-state index in [4.69, 9.17) is 9.47 Å². The van der Waals surface area contributed by atoms with Crippen LogP contribution in [-0.4, -0.2) is 26.1 Å². The zero-order valence-corrected chi connectivity index (χ0v) is 15.4. The standard InChI is InChI=1S/C19H21FN2O3.ClH/c1-12(13-10-21-11-13)19(23)22-14-7-8-16(15(20)9-14)25-18-6-4-3-5-17(18)24-2;/h3-9,12-13,21H,10-11H2,1-2H3,(H,22,23);1H. The number of para-hydroxylation sites is 2. The molecule has 1 aliphatic heterocycles. The Bertz CT molecular complexity index is 768. The molecule has 2 N–H and O–H groups in total. The molecular weight excluding hydrogens is 359 g/mol. The van der Waals surface area contributed by atoms with E-state index < -0.39 is 5.82 Å². The molecule has 0 aromatic heterocycles. The van der Waals surface area contributed by atoms with E-state index in [0.717, 1.165) is 13.1 Å². The monoisotopic (exact) mass is 380 g/mol. The fraction of sp³-hybridized carbons (Fsp3) is 0.316. The quantitative estimate of drug-likeness (QED) is 0.799. The maximum absolute atomic E-state index is 14.3. The van der Waals surface area contributed by atoms with Crippen LogP contribution < -0.4 is 20.1 Å². The highest BCUT2D eigenvalue weighted by atomic mass is 35.5. The molecule has 2 aromatic carbocycles. The average molecular weight is 381 g/mol. The van der Waals surface area contributed by atoms with Gasteiger partial charge in [0.15, 0.2) is 23.1 Å². The highest BCUT2D eigenvalue weighted by molar-refractivity contribution is 5.92. The molecule has 2 aromatic rings. The second-order valence-corrected chi connectivity index (χ2v) is 6.09. The number of hydrogen-bond acceptors (Lipinski definition) is 4. The second-order valence-electron chi connectivity index (χ2n) is 6.09. The molecule has 1 fully saturated rings. The van der Waals surface area contributed by atoms with E-state index in [1.165, 1.54) is 19.2 Å². The summed E-state index contributed by atoms with van der Waals surface area (Å²) in [5, 5.41) is 5.90. The van der Waals surface area contributed by atoms with Crippen molar-refractivity contribution in [2.45, 2.75) is 6.92 Å². The molecule has 0 aliphatic carbocycles. The fourth-order valence-electron chi connectivity index (χ4n) is 2.62. The van der Waals surface area contributed by atoms with Gasteiger partial charge in [0, 0.05) is 17.7 Å². The molecule has 1 amide bonds. The molecule has 1 heterocycles. The Kier molecular flexibility index (Phi) is 6.83. The van der Waals surface area contributed by atoms with Gasteiger partial charge in [0.1, 0.15) is 0 Å². The van der Waals surface area contributed by atoms with Crippen molar-refractivity contribution in [3.63, 3.8) is 0 Å². The molecule has 0 saturated carbocycles. The third-order valence-electron chi connectivity index (χ3n) is 4.42. The van der Waals surface area contributed by atoms with Crippen molar-refractivity contribution in [2.75, 3.05) is 25.5 Å². The first kappa shape index (κ1) is 20.0. The minimum atomic E-state index is -0.554. The lowest BCUT2D eigenvalue weighted by molar-refractivity contribution is -0.121. The molecule has 3 rings (SSSR count). The topological polar surface area (TPSA) is 59.6 Å². The van der Waals surface area contributed by atoms with Gasteiger partial charge in [-0.15, -0.1) is 12.4 Å². The Morgan fingerprint density at radius 3 is 2.46 bits per heavy atom. The van der Waals surface area contributed by atoms with Crippen molar-refractivity contribution >= 4 is 24.0 Å². The van der Waals surface area contributed by atoms with Crippen LogP contribution in [0.4, 0.5) is 10.1 Å². The molecule has 1 aliphatic rings. The number of nitrogens with one attached hydrogen (secondary N) is 2. The average Bonchev–Trinajstić information content (AvgIpc) is 2.56. The number of halogens is 2. The van der Waals surface area contributed by atoms with E-state index in [0.29, 0.717) is 23.1 Å². The van der Waals surface area contributed by atoms with Crippen LogP contribution in [0.5, 0.6) is 17.2 Å². The van der Waals surface area contributed by atoms with E-state index in [9.17, 15) is 9.18 Å². The van der Waals surface area contributed by atoms with E-state index in [2.05, 4.69) is 10.6 Å². The van der Waals surface area contributed by atoms with Gasteiger partial charge in [-0.05, 0) is 43.3 Å². The van der Waals surface area contributed by atoms with E-state index in [-0.39, 0.29) is 30.0 Å². The lowest BCUT2D eigenvalue weighted by atomic mass is 9.88. The number of rotatable bonds is 6. The molecule has 26 heavy (non-hydrogen) atoms. The second kappa shape index (κ2) is 8.87. The van der Waals surface area contributed by atoms with Crippen molar-refractivity contribution in [3.05, 3.63) is 48.3 Å². The third kappa shape index (κ3) is 4.45. The van der Waals surface area contributed by atoms with Crippen molar-refractivity contribution < 1.29 is 18.7 Å². The molecule has 0 spiro atoms. The molecule has 140 valence electrons. The van der Waals surface area contributed by atoms with E-state index >= 15 is 0 Å². The van der Waals surface area contributed by atoms with Gasteiger partial charge in [-0.2, -0.15) is 0 Å². The Balaban J connectivity index is 0.00000243. The third-order valence-corrected chi connectivity index (χ3v) is 4.42. The van der Waals surface area contributed by atoms with Crippen molar-refractivity contribution in [1.29, 1.82) is 0 Å². The molecule has 1 atom stereocenters. The first-order valence-electron chi connectivity index (χ1n) is 8.20. The number of benzene rings is 2. The van der Waals surface area contributed by atoms with Crippen LogP contribution in [0.25, 0.3) is 0 Å². The molecule has 5 nitrogen and oxygen atoms in total. The largest absolute Gasteiger partial charge is 0.493 e. The van der Waals surface area contributed by atoms with Crippen LogP contribution in [0.15, 0.2) is 42.5 Å². The maximum Gasteiger partial charge on any atom is 0.227 e. The molecule has 7 heteroatoms. The zero-order valence-electron chi connectivity index (χ0n) is 14.6. The Hall–Kier alpha value is -2.31. The number of carbonyl (C=O) groups is 1. The summed E-state index contributed by atoms with van der Waals surface area (Å²) in [6.45, 7) is 3.57. The van der Waals surface area contributed by atoms with Gasteiger partial charge in [0.2, 0.25) is 5.91 Å². The minimum absolute atomic E-state index is 0. The van der Waals surface area contributed by atoms with Gasteiger partial charge < -0.3 is 20.1 Å². The summed E-state index contributed by atoms with van der Waals surface area (Å²) in [4.78, 5) is 12.2. The van der Waals surface area contributed by atoms with Gasteiger partial charge in [0.05, 0.1) is 7.11 Å². The first-order valence-corrected chi connectivity index (χ1v) is 8.20. The highest BCUT2D eigenvalue weighted by Crippen LogP contribution is 2.33. The number of anilines is 1. The summed E-state index contributed by atoms with van der Waals surface area (Å²) < 4.78 is 25.1. The molecule has 1 saturated heterocycles. The Labute approximate surface area is 158 Å². The number of methoxy groups -OCH3 is 1. The van der Waals surface area contributed by atoms with Gasteiger partial charge in [-0.3, -0.25) is 4.79 Å². The SMILES string of the molecule is COc1ccccc1Oc1ccc(NC(=O)C(C)C2CNC2)cc1F.Cl. The summed E-state index contributed by atoms with van der Waals surface area (Å²) in [7, 11) is 1.52. The van der Waals surface area contributed by atoms with Gasteiger partial charge in [-0.1, -0.05) is 19.1 Å². The normalized spacial score (nSPS) is 14.6. The lowest BCUT2D eigenvalue weighted by Crippen LogP contribution is -2.48. The first-order chi connectivity index (χ1) is 12.1. The fourth-order valence-corrected chi connectivity index (χ4v) is 2.62. The summed E-state index contributed by atoms with van der Waals surface area (Å²) in [6, 6.07) is 11.4. The van der Waals surface area contributed by atoms with Crippen LogP contribution in [-0.2, 0) is 4.79 Å². The summed E-state index contributed by atoms with van der Waals surface area (Å²) in [5.41, 5.74) is 0.411. The maximum atomic E-state index is 14.3. The van der Waals surface area contributed by atoms with Crippen LogP contribution in [0.1, 0.15) is 6.92 Å². The zero-order chi connectivity index (χ0) is 17.8. The van der Waals surface area contributed by atoms with Crippen LogP contribution in [0.3, 0.4) is 0 Å². The summed E-state index contributed by atoms with van der Waals surface area (Å²) >= 11 is 0. The summed E-state index contributed by atoms with van der Waals surface area (Å²) in [6.07, 6.45) is 0. The van der Waals surface area contributed by atoms with Crippen LogP contribution >= 0.6 is 12.4 Å². The van der Waals surface area contributed by atoms with E-state index in [1.807, 2.05) is 6.92 Å². The highest BCUT2D eigenvalue weighted by Gasteiger charge is 2.28. The lowest BCUT2D eigenvalue weighted by Gasteiger charge is -2.31. The predicted octanol–water partition coefficient (Wildman–Crippen LogP) is 3.84. The summed E-state index contributed by atoms with van der Waals surface area (Å²) in [5.74, 6) is 0.561. The van der Waals surface area contributed by atoms with E-state index in [1.54, 1.807) is 30.3 Å². The number of ether oxygens (including phenoxy) is 2. The minimum Gasteiger partial charge on any atom is -0.493 e. The number of amides is 1. The number of carbonyl (C=O) groups excluding carboxylic acids is 1. The number of hydrogen-bond donors (Lipinski definition) is 2. The van der Waals surface area contributed by atoms with Gasteiger partial charge in [0.25, 0.3) is 0 Å².